The lowest BCUT2D eigenvalue weighted by atomic mass is 9.74. The third-order valence-electron chi connectivity index (χ3n) is 11.3. The molecule has 1 aromatic rings. The number of unbranched alkanes of at least 4 members (excludes halogenated alkanes) is 1. The third-order valence-corrected chi connectivity index (χ3v) is 11.3. The predicted octanol–water partition coefficient (Wildman–Crippen LogP) is 6.90. The number of methoxy groups -OCH3 is 1. The first-order chi connectivity index (χ1) is 25.9. The third kappa shape index (κ3) is 14.8. The van der Waals surface area contributed by atoms with Crippen molar-refractivity contribution in [3.63, 3.8) is 0 Å². The zero-order valence-electron chi connectivity index (χ0n) is 33.8. The normalized spacial score (nSPS) is 20.4. The zero-order valence-corrected chi connectivity index (χ0v) is 33.8. The van der Waals surface area contributed by atoms with Crippen LogP contribution in [-0.2, 0) is 10.3 Å². The summed E-state index contributed by atoms with van der Waals surface area (Å²) in [4.78, 5) is 29.0. The molecule has 1 saturated carbocycles. The smallest absolute Gasteiger partial charge is 0.317 e. The van der Waals surface area contributed by atoms with E-state index in [9.17, 15) is 27.9 Å². The van der Waals surface area contributed by atoms with Gasteiger partial charge in [-0.3, -0.25) is 0 Å². The van der Waals surface area contributed by atoms with Crippen LogP contribution in [0.5, 0.6) is 0 Å². The van der Waals surface area contributed by atoms with Crippen LogP contribution >= 0.6 is 0 Å². The minimum absolute atomic E-state index is 0.0105. The number of urea groups is 2. The van der Waals surface area contributed by atoms with Crippen molar-refractivity contribution >= 4 is 12.1 Å². The maximum atomic E-state index is 14.9. The Bertz CT molecular complexity index is 1250. The summed E-state index contributed by atoms with van der Waals surface area (Å²) in [5.41, 5.74) is -2.19. The number of hydrogen-bond donors (Lipinski definition) is 5. The second kappa shape index (κ2) is 24.1. The number of rotatable bonds is 17. The molecule has 2 saturated heterocycles. The number of ether oxygens (including phenoxy) is 1. The van der Waals surface area contributed by atoms with Crippen molar-refractivity contribution in [2.75, 3.05) is 67.1 Å². The van der Waals surface area contributed by atoms with Gasteiger partial charge in [-0.05, 0) is 96.2 Å². The van der Waals surface area contributed by atoms with E-state index in [1.807, 2.05) is 19.0 Å². The van der Waals surface area contributed by atoms with Gasteiger partial charge in [0.15, 0.2) is 11.6 Å². The fourth-order valence-corrected chi connectivity index (χ4v) is 8.52. The van der Waals surface area contributed by atoms with Crippen LogP contribution in [0.3, 0.4) is 0 Å². The highest BCUT2D eigenvalue weighted by Gasteiger charge is 2.44. The fourth-order valence-electron chi connectivity index (χ4n) is 8.52. The monoisotopic (exact) mass is 769 g/mol. The molecule has 310 valence electrons. The van der Waals surface area contributed by atoms with E-state index in [4.69, 9.17) is 4.74 Å². The van der Waals surface area contributed by atoms with Crippen molar-refractivity contribution in [2.45, 2.75) is 128 Å². The molecule has 3 aliphatic rings. The number of benzene rings is 1. The van der Waals surface area contributed by atoms with Crippen LogP contribution in [0.2, 0.25) is 0 Å². The number of piperidine rings is 2. The van der Waals surface area contributed by atoms with Gasteiger partial charge in [0.2, 0.25) is 0 Å². The average Bonchev–Trinajstić information content (AvgIpc) is 3.15. The number of likely N-dealkylation sites (tertiary alicyclic amines) is 2. The molecule has 0 spiro atoms. The van der Waals surface area contributed by atoms with Gasteiger partial charge in [0, 0.05) is 82.6 Å². The average molecular weight is 769 g/mol. The summed E-state index contributed by atoms with van der Waals surface area (Å²) in [6, 6.07) is 1.51. The molecule has 1 unspecified atom stereocenters. The quantitative estimate of drug-likeness (QED) is 0.0870. The summed E-state index contributed by atoms with van der Waals surface area (Å²) in [5.74, 6) is -2.86. The van der Waals surface area contributed by atoms with E-state index in [1.54, 1.807) is 12.0 Å². The topological polar surface area (TPSA) is 118 Å². The Hall–Kier alpha value is -2.61. The second-order valence-corrected chi connectivity index (χ2v) is 16.2. The van der Waals surface area contributed by atoms with Crippen molar-refractivity contribution in [3.05, 3.63) is 35.1 Å². The number of carbonyl (C=O) groups is 2. The summed E-state index contributed by atoms with van der Waals surface area (Å²) >= 11 is 0. The Morgan fingerprint density at radius 3 is 2.11 bits per heavy atom. The van der Waals surface area contributed by atoms with Crippen LogP contribution in [0.4, 0.5) is 22.8 Å². The van der Waals surface area contributed by atoms with Crippen molar-refractivity contribution in [1.82, 2.24) is 31.1 Å². The molecule has 10 nitrogen and oxygen atoms in total. The number of halogens is 3. The van der Waals surface area contributed by atoms with Crippen molar-refractivity contribution < 1.29 is 32.6 Å². The molecule has 54 heavy (non-hydrogen) atoms. The largest absolute Gasteiger partial charge is 0.385 e. The lowest BCUT2D eigenvalue weighted by Crippen LogP contribution is -2.54. The van der Waals surface area contributed by atoms with Crippen LogP contribution in [0.1, 0.15) is 116 Å². The van der Waals surface area contributed by atoms with Crippen LogP contribution in [-0.4, -0.2) is 106 Å². The van der Waals surface area contributed by atoms with E-state index in [1.165, 1.54) is 38.5 Å². The van der Waals surface area contributed by atoms with E-state index < -0.39 is 29.0 Å². The number of carbonyl (C=O) groups excluding carboxylic acids is 2. The van der Waals surface area contributed by atoms with E-state index >= 15 is 0 Å². The van der Waals surface area contributed by atoms with E-state index in [-0.39, 0.29) is 42.7 Å². The summed E-state index contributed by atoms with van der Waals surface area (Å²) in [6.07, 6.45) is 14.0. The molecule has 4 rings (SSSR count). The summed E-state index contributed by atoms with van der Waals surface area (Å²) in [6.45, 7) is 8.88. The maximum absolute atomic E-state index is 14.9. The van der Waals surface area contributed by atoms with Crippen LogP contribution in [0, 0.1) is 35.2 Å². The molecule has 1 aliphatic carbocycles. The zero-order chi connectivity index (χ0) is 39.5. The number of hydrogen-bond acceptors (Lipinski definition) is 6. The van der Waals surface area contributed by atoms with Gasteiger partial charge in [-0.25, -0.2) is 22.8 Å². The molecule has 0 radical (unpaired) electrons. The van der Waals surface area contributed by atoms with Gasteiger partial charge >= 0.3 is 12.1 Å². The summed E-state index contributed by atoms with van der Waals surface area (Å²) in [7, 11) is 5.37. The number of nitrogens with zero attached hydrogens (tertiary/aromatic N) is 2. The van der Waals surface area contributed by atoms with Crippen molar-refractivity contribution in [1.29, 1.82) is 0 Å². The van der Waals surface area contributed by atoms with Gasteiger partial charge in [0.1, 0.15) is 5.82 Å². The van der Waals surface area contributed by atoms with E-state index in [0.717, 1.165) is 51.4 Å². The van der Waals surface area contributed by atoms with E-state index in [0.29, 0.717) is 63.3 Å². The van der Waals surface area contributed by atoms with Gasteiger partial charge in [-0.2, -0.15) is 0 Å². The second-order valence-electron chi connectivity index (χ2n) is 16.2. The first kappa shape index (κ1) is 45.8. The Morgan fingerprint density at radius 1 is 0.852 bits per heavy atom. The SMILES string of the molecule is CNC[C@H](CC(C)C)NC(=O)N1CCCCC1.CNC[C@H](CC1CCCCC1)NC(=O)N1CCC[C@@H](C(O)(CCCCOC)c2cc(F)cc(F)c2F)C1. The minimum atomic E-state index is -1.81. The predicted molar refractivity (Wildman–Crippen MR) is 209 cm³/mol. The molecular weight excluding hydrogens is 697 g/mol. The molecule has 0 bridgehead atoms. The van der Waals surface area contributed by atoms with Gasteiger partial charge in [-0.15, -0.1) is 0 Å². The molecule has 13 heteroatoms. The Balaban J connectivity index is 0.000000386. The molecule has 1 aromatic carbocycles. The van der Waals surface area contributed by atoms with Crippen LogP contribution < -0.4 is 21.3 Å². The van der Waals surface area contributed by atoms with Gasteiger partial charge < -0.3 is 40.9 Å². The summed E-state index contributed by atoms with van der Waals surface area (Å²) in [5, 5.41) is 24.5. The molecule has 5 N–H and O–H groups in total. The maximum Gasteiger partial charge on any atom is 0.317 e. The van der Waals surface area contributed by atoms with Gasteiger partial charge in [0.05, 0.1) is 5.60 Å². The first-order valence-electron chi connectivity index (χ1n) is 20.7. The number of amides is 4. The molecule has 4 amide bonds. The Morgan fingerprint density at radius 2 is 1.46 bits per heavy atom. The van der Waals surface area contributed by atoms with Crippen LogP contribution in [0.25, 0.3) is 0 Å². The fraction of sp³-hybridized carbons (Fsp3) is 0.805. The Labute approximate surface area is 323 Å². The summed E-state index contributed by atoms with van der Waals surface area (Å²) < 4.78 is 48.3. The first-order valence-corrected chi connectivity index (χ1v) is 20.7. The number of likely N-dealkylation sites (N-methyl/N-ethyl adjacent to an activating group) is 2. The Kier molecular flexibility index (Phi) is 20.4. The van der Waals surface area contributed by atoms with Crippen LogP contribution in [0.15, 0.2) is 12.1 Å². The highest BCUT2D eigenvalue weighted by Crippen LogP contribution is 2.41. The number of nitrogens with one attached hydrogen (secondary N) is 4. The standard InChI is InChI=1S/C28H44F3N3O3.C13H27N3O/c1-32-18-23(15-20-9-4-3-5-10-20)33-27(35)34-13-8-11-21(19-34)28(36,12-6-7-14-37-2)24-16-22(29)17-25(30)26(24)31;1-11(2)9-12(10-14-3)15-13(17)16-7-5-4-6-8-16/h16-17,20-21,23,32,36H,3-15,18-19H2,1-2H3,(H,33,35);11-12,14H,4-10H2,1-3H3,(H,15,17)/t21-,23+,28?;12-/m10/s1. The molecule has 2 heterocycles. The number of aliphatic hydroxyl groups is 1. The highest BCUT2D eigenvalue weighted by molar-refractivity contribution is 5.75. The van der Waals surface area contributed by atoms with Crippen molar-refractivity contribution in [2.24, 2.45) is 17.8 Å². The van der Waals surface area contributed by atoms with Gasteiger partial charge in [0.25, 0.3) is 0 Å². The van der Waals surface area contributed by atoms with Crippen molar-refractivity contribution in [3.8, 4) is 0 Å². The molecule has 3 fully saturated rings. The highest BCUT2D eigenvalue weighted by atomic mass is 19.2. The molecule has 2 aliphatic heterocycles. The lowest BCUT2D eigenvalue weighted by Gasteiger charge is -2.43. The van der Waals surface area contributed by atoms with E-state index in [2.05, 4.69) is 35.1 Å². The minimum Gasteiger partial charge on any atom is -0.385 e. The molecule has 4 atom stereocenters. The lowest BCUT2D eigenvalue weighted by molar-refractivity contribution is -0.0594. The molecular formula is C41H71F3N6O4. The molecule has 0 aromatic heterocycles. The van der Waals surface area contributed by atoms with Gasteiger partial charge in [-0.1, -0.05) is 46.0 Å².